The third kappa shape index (κ3) is 2.11. The number of fused-ring (bicyclic) bond motifs is 1. The molecule has 1 atom stereocenters. The molecule has 2 aliphatic rings. The van der Waals surface area contributed by atoms with Gasteiger partial charge in [0.15, 0.2) is 5.41 Å². The Kier molecular flexibility index (Phi) is 3.88. The van der Waals surface area contributed by atoms with Crippen LogP contribution in [0.1, 0.15) is 19.3 Å². The van der Waals surface area contributed by atoms with Gasteiger partial charge in [0.2, 0.25) is 0 Å². The molecule has 0 N–H and O–H groups in total. The maximum absolute atomic E-state index is 12.3. The van der Waals surface area contributed by atoms with Crippen LogP contribution in [0.4, 0.5) is 0 Å². The SMILES string of the molecule is COC(=O)C1(C(=O)OC)/C=C\C/C=C\C2=CCCC21. The van der Waals surface area contributed by atoms with Crippen molar-refractivity contribution in [1.82, 2.24) is 0 Å². The Morgan fingerprint density at radius 3 is 2.53 bits per heavy atom. The van der Waals surface area contributed by atoms with Crippen molar-refractivity contribution in [2.24, 2.45) is 11.3 Å². The lowest BCUT2D eigenvalue weighted by Gasteiger charge is -2.32. The number of esters is 2. The van der Waals surface area contributed by atoms with Gasteiger partial charge in [0.25, 0.3) is 0 Å². The van der Waals surface area contributed by atoms with Crippen LogP contribution in [0, 0.1) is 11.3 Å². The first-order valence-electron chi connectivity index (χ1n) is 6.38. The monoisotopic (exact) mass is 262 g/mol. The van der Waals surface area contributed by atoms with Gasteiger partial charge in [0, 0.05) is 5.92 Å². The molecule has 0 fully saturated rings. The van der Waals surface area contributed by atoms with Gasteiger partial charge in [0.1, 0.15) is 0 Å². The normalized spacial score (nSPS) is 27.3. The van der Waals surface area contributed by atoms with Crippen LogP contribution in [-0.2, 0) is 19.1 Å². The second kappa shape index (κ2) is 5.43. The van der Waals surface area contributed by atoms with Gasteiger partial charge in [0.05, 0.1) is 14.2 Å². The van der Waals surface area contributed by atoms with Gasteiger partial charge < -0.3 is 9.47 Å². The number of carbonyl (C=O) groups excluding carboxylic acids is 2. The van der Waals surface area contributed by atoms with E-state index in [2.05, 4.69) is 6.08 Å². The third-order valence-corrected chi connectivity index (χ3v) is 3.80. The molecule has 0 bridgehead atoms. The van der Waals surface area contributed by atoms with E-state index < -0.39 is 17.4 Å². The van der Waals surface area contributed by atoms with Crippen LogP contribution >= 0.6 is 0 Å². The minimum atomic E-state index is -1.35. The van der Waals surface area contributed by atoms with Crippen molar-refractivity contribution >= 4 is 11.9 Å². The molecule has 4 nitrogen and oxygen atoms in total. The summed E-state index contributed by atoms with van der Waals surface area (Å²) in [6.45, 7) is 0. The average molecular weight is 262 g/mol. The van der Waals surface area contributed by atoms with E-state index in [1.54, 1.807) is 6.08 Å². The van der Waals surface area contributed by atoms with E-state index in [4.69, 9.17) is 9.47 Å². The maximum Gasteiger partial charge on any atom is 0.327 e. The molecule has 0 saturated heterocycles. The van der Waals surface area contributed by atoms with Crippen molar-refractivity contribution in [3.05, 3.63) is 36.0 Å². The van der Waals surface area contributed by atoms with E-state index in [0.29, 0.717) is 6.42 Å². The standard InChI is InChI=1S/C15H18O4/c1-18-13(16)15(14(17)19-2)10-5-3-4-7-11-8-6-9-12(11)15/h4-5,7-8,10,12H,3,6,9H2,1-2H3/b7-4-,10-5-. The van der Waals surface area contributed by atoms with Crippen molar-refractivity contribution in [2.75, 3.05) is 14.2 Å². The lowest BCUT2D eigenvalue weighted by Crippen LogP contribution is -2.46. The number of hydrogen-bond donors (Lipinski definition) is 0. The summed E-state index contributed by atoms with van der Waals surface area (Å²) in [7, 11) is 2.60. The van der Waals surface area contributed by atoms with Gasteiger partial charge in [-0.3, -0.25) is 9.59 Å². The largest absolute Gasteiger partial charge is 0.468 e. The lowest BCUT2D eigenvalue weighted by atomic mass is 9.70. The first-order valence-corrected chi connectivity index (χ1v) is 6.38. The number of ether oxygens (including phenoxy) is 2. The van der Waals surface area contributed by atoms with Crippen LogP contribution in [-0.4, -0.2) is 26.2 Å². The Hall–Kier alpha value is -1.84. The third-order valence-electron chi connectivity index (χ3n) is 3.80. The predicted molar refractivity (Wildman–Crippen MR) is 70.2 cm³/mol. The maximum atomic E-state index is 12.3. The Bertz CT molecular complexity index is 455. The summed E-state index contributed by atoms with van der Waals surface area (Å²) in [4.78, 5) is 24.5. The predicted octanol–water partition coefficient (Wildman–Crippen LogP) is 2.17. The zero-order valence-corrected chi connectivity index (χ0v) is 11.2. The van der Waals surface area contributed by atoms with Gasteiger partial charge in [-0.1, -0.05) is 30.4 Å². The van der Waals surface area contributed by atoms with Gasteiger partial charge >= 0.3 is 11.9 Å². The summed E-state index contributed by atoms with van der Waals surface area (Å²) in [6.07, 6.45) is 11.8. The Morgan fingerprint density at radius 1 is 1.21 bits per heavy atom. The van der Waals surface area contributed by atoms with E-state index in [1.807, 2.05) is 18.2 Å². The van der Waals surface area contributed by atoms with Crippen molar-refractivity contribution in [3.8, 4) is 0 Å². The molecular formula is C15H18O4. The molecule has 4 heteroatoms. The molecule has 0 aromatic heterocycles. The van der Waals surface area contributed by atoms with Gasteiger partial charge in [-0.05, 0) is 24.8 Å². The van der Waals surface area contributed by atoms with E-state index in [1.165, 1.54) is 14.2 Å². The molecule has 19 heavy (non-hydrogen) atoms. The molecule has 0 aromatic carbocycles. The molecule has 0 heterocycles. The minimum Gasteiger partial charge on any atom is -0.468 e. The summed E-state index contributed by atoms with van der Waals surface area (Å²) in [5, 5.41) is 0. The van der Waals surface area contributed by atoms with Crippen LogP contribution in [0.2, 0.25) is 0 Å². The van der Waals surface area contributed by atoms with Crippen molar-refractivity contribution < 1.29 is 19.1 Å². The van der Waals surface area contributed by atoms with Crippen LogP contribution in [0.3, 0.4) is 0 Å². The zero-order valence-electron chi connectivity index (χ0n) is 11.2. The molecule has 0 spiro atoms. The summed E-state index contributed by atoms with van der Waals surface area (Å²) in [5.41, 5.74) is -0.337. The highest BCUT2D eigenvalue weighted by molar-refractivity contribution is 6.03. The van der Waals surface area contributed by atoms with Crippen LogP contribution in [0.15, 0.2) is 36.0 Å². The molecule has 0 aliphatic heterocycles. The molecule has 2 rings (SSSR count). The molecular weight excluding hydrogens is 244 g/mol. The fourth-order valence-electron chi connectivity index (χ4n) is 2.89. The second-order valence-electron chi connectivity index (χ2n) is 4.73. The number of hydrogen-bond acceptors (Lipinski definition) is 4. The Morgan fingerprint density at radius 2 is 1.89 bits per heavy atom. The average Bonchev–Trinajstić information content (AvgIpc) is 2.86. The number of rotatable bonds is 2. The highest BCUT2D eigenvalue weighted by atomic mass is 16.5. The topological polar surface area (TPSA) is 52.6 Å². The Labute approximate surface area is 112 Å². The first kappa shape index (κ1) is 13.6. The number of methoxy groups -OCH3 is 2. The number of carbonyl (C=O) groups is 2. The van der Waals surface area contributed by atoms with E-state index >= 15 is 0 Å². The van der Waals surface area contributed by atoms with E-state index in [-0.39, 0.29) is 5.92 Å². The van der Waals surface area contributed by atoms with E-state index in [9.17, 15) is 9.59 Å². The minimum absolute atomic E-state index is 0.208. The number of allylic oxidation sites excluding steroid dienone is 5. The summed E-state index contributed by atoms with van der Waals surface area (Å²) in [5.74, 6) is -1.31. The molecule has 0 amide bonds. The molecule has 0 radical (unpaired) electrons. The van der Waals surface area contributed by atoms with Crippen molar-refractivity contribution in [3.63, 3.8) is 0 Å². The summed E-state index contributed by atoms with van der Waals surface area (Å²) in [6, 6.07) is 0. The summed E-state index contributed by atoms with van der Waals surface area (Å²) >= 11 is 0. The van der Waals surface area contributed by atoms with Gasteiger partial charge in [-0.15, -0.1) is 0 Å². The van der Waals surface area contributed by atoms with Crippen molar-refractivity contribution in [1.29, 1.82) is 0 Å². The molecule has 2 aliphatic carbocycles. The highest BCUT2D eigenvalue weighted by Gasteiger charge is 2.54. The lowest BCUT2D eigenvalue weighted by molar-refractivity contribution is -0.168. The Balaban J connectivity index is 2.55. The second-order valence-corrected chi connectivity index (χ2v) is 4.73. The van der Waals surface area contributed by atoms with Gasteiger partial charge in [-0.25, -0.2) is 0 Å². The summed E-state index contributed by atoms with van der Waals surface area (Å²) < 4.78 is 9.76. The van der Waals surface area contributed by atoms with Crippen LogP contribution < -0.4 is 0 Å². The van der Waals surface area contributed by atoms with E-state index in [0.717, 1.165) is 18.4 Å². The van der Waals surface area contributed by atoms with Gasteiger partial charge in [-0.2, -0.15) is 0 Å². The van der Waals surface area contributed by atoms with Crippen molar-refractivity contribution in [2.45, 2.75) is 19.3 Å². The zero-order chi connectivity index (χ0) is 13.9. The highest BCUT2D eigenvalue weighted by Crippen LogP contribution is 2.45. The molecule has 0 saturated carbocycles. The molecule has 102 valence electrons. The smallest absolute Gasteiger partial charge is 0.327 e. The molecule has 1 unspecified atom stereocenters. The first-order chi connectivity index (χ1) is 9.16. The fraction of sp³-hybridized carbons (Fsp3) is 0.467. The van der Waals surface area contributed by atoms with Crippen LogP contribution in [0.5, 0.6) is 0 Å². The fourth-order valence-corrected chi connectivity index (χ4v) is 2.89. The van der Waals surface area contributed by atoms with Crippen LogP contribution in [0.25, 0.3) is 0 Å². The quantitative estimate of drug-likeness (QED) is 0.435. The molecule has 0 aromatic rings.